The maximum atomic E-state index is 11.7. The maximum absolute atomic E-state index is 11.7. The first-order chi connectivity index (χ1) is 7.95. The van der Waals surface area contributed by atoms with Crippen LogP contribution in [0.5, 0.6) is 5.75 Å². The van der Waals surface area contributed by atoms with Gasteiger partial charge in [-0.3, -0.25) is 9.59 Å². The highest BCUT2D eigenvalue weighted by molar-refractivity contribution is 6.37. The second-order valence-corrected chi connectivity index (χ2v) is 3.98. The van der Waals surface area contributed by atoms with Crippen molar-refractivity contribution in [2.75, 3.05) is 13.7 Å². The summed E-state index contributed by atoms with van der Waals surface area (Å²) in [5.74, 6) is -0.613. The number of carbonyl (C=O) groups is 2. The van der Waals surface area contributed by atoms with Crippen LogP contribution in [0.2, 0.25) is 10.0 Å². The Hall–Kier alpha value is -1.26. The fraction of sp³-hybridized carbons (Fsp3) is 0.273. The molecule has 0 aliphatic rings. The van der Waals surface area contributed by atoms with E-state index in [9.17, 15) is 9.59 Å². The van der Waals surface area contributed by atoms with Crippen molar-refractivity contribution in [1.29, 1.82) is 0 Å². The number of carbonyl (C=O) groups excluding carboxylic acids is 2. The Morgan fingerprint density at radius 2 is 1.88 bits per heavy atom. The minimum absolute atomic E-state index is 0.188. The summed E-state index contributed by atoms with van der Waals surface area (Å²) in [6.45, 7) is 0.858. The van der Waals surface area contributed by atoms with Crippen LogP contribution in [0.25, 0.3) is 0 Å². The minimum atomic E-state index is -0.532. The zero-order valence-corrected chi connectivity index (χ0v) is 10.8. The Labute approximate surface area is 108 Å². The van der Waals surface area contributed by atoms with E-state index in [4.69, 9.17) is 27.9 Å². The van der Waals surface area contributed by atoms with Gasteiger partial charge in [0.25, 0.3) is 0 Å². The van der Waals surface area contributed by atoms with E-state index < -0.39 is 11.8 Å². The van der Waals surface area contributed by atoms with Crippen LogP contribution in [-0.4, -0.2) is 25.5 Å². The Morgan fingerprint density at radius 1 is 1.24 bits per heavy atom. The van der Waals surface area contributed by atoms with E-state index in [0.29, 0.717) is 10.8 Å². The Balaban J connectivity index is 2.97. The molecule has 0 aliphatic carbocycles. The SMILES string of the molecule is COc1cc(C(=O)COC(C)=O)c(Cl)cc1Cl. The Bertz CT molecular complexity index is 457. The number of benzene rings is 1. The highest BCUT2D eigenvalue weighted by Gasteiger charge is 2.15. The van der Waals surface area contributed by atoms with Crippen LogP contribution in [0.4, 0.5) is 0 Å². The zero-order valence-electron chi connectivity index (χ0n) is 9.25. The number of ether oxygens (including phenoxy) is 2. The average Bonchev–Trinajstić information content (AvgIpc) is 2.26. The molecule has 0 aromatic heterocycles. The topological polar surface area (TPSA) is 52.6 Å². The molecule has 92 valence electrons. The lowest BCUT2D eigenvalue weighted by Crippen LogP contribution is -2.12. The van der Waals surface area contributed by atoms with Crippen molar-refractivity contribution in [1.82, 2.24) is 0 Å². The van der Waals surface area contributed by atoms with Crippen LogP contribution in [0.15, 0.2) is 12.1 Å². The molecule has 4 nitrogen and oxygen atoms in total. The van der Waals surface area contributed by atoms with Crippen LogP contribution in [0.1, 0.15) is 17.3 Å². The highest BCUT2D eigenvalue weighted by atomic mass is 35.5. The lowest BCUT2D eigenvalue weighted by molar-refractivity contribution is -0.139. The molecule has 1 rings (SSSR count). The third-order valence-corrected chi connectivity index (χ3v) is 2.56. The van der Waals surface area contributed by atoms with Gasteiger partial charge in [0.15, 0.2) is 6.61 Å². The zero-order chi connectivity index (χ0) is 13.0. The van der Waals surface area contributed by atoms with Crippen molar-refractivity contribution in [3.63, 3.8) is 0 Å². The quantitative estimate of drug-likeness (QED) is 0.627. The molecule has 0 atom stereocenters. The fourth-order valence-corrected chi connectivity index (χ4v) is 1.71. The normalized spacial score (nSPS) is 9.88. The van der Waals surface area contributed by atoms with Crippen molar-refractivity contribution < 1.29 is 19.1 Å². The molecule has 17 heavy (non-hydrogen) atoms. The number of methoxy groups -OCH3 is 1. The van der Waals surface area contributed by atoms with Crippen LogP contribution in [0.3, 0.4) is 0 Å². The molecule has 6 heteroatoms. The van der Waals surface area contributed by atoms with Crippen LogP contribution in [0, 0.1) is 0 Å². The number of hydrogen-bond acceptors (Lipinski definition) is 4. The largest absolute Gasteiger partial charge is 0.495 e. The fourth-order valence-electron chi connectivity index (χ4n) is 1.14. The van der Waals surface area contributed by atoms with Gasteiger partial charge in [-0.1, -0.05) is 23.2 Å². The highest BCUT2D eigenvalue weighted by Crippen LogP contribution is 2.31. The van der Waals surface area contributed by atoms with Crippen molar-refractivity contribution in [2.24, 2.45) is 0 Å². The van der Waals surface area contributed by atoms with E-state index >= 15 is 0 Å². The smallest absolute Gasteiger partial charge is 0.303 e. The Morgan fingerprint density at radius 3 is 2.41 bits per heavy atom. The molecule has 0 amide bonds. The number of esters is 1. The summed E-state index contributed by atoms with van der Waals surface area (Å²) in [6.07, 6.45) is 0. The molecule has 0 saturated heterocycles. The summed E-state index contributed by atoms with van der Waals surface area (Å²) in [4.78, 5) is 22.3. The summed E-state index contributed by atoms with van der Waals surface area (Å²) >= 11 is 11.7. The van der Waals surface area contributed by atoms with Gasteiger partial charge in [0.05, 0.1) is 17.2 Å². The number of ketones is 1. The predicted molar refractivity (Wildman–Crippen MR) is 64.0 cm³/mol. The molecule has 1 aromatic carbocycles. The van der Waals surface area contributed by atoms with Gasteiger partial charge in [0, 0.05) is 12.5 Å². The lowest BCUT2D eigenvalue weighted by atomic mass is 10.1. The standard InChI is InChI=1S/C11H10Cl2O4/c1-6(14)17-5-10(15)7-3-11(16-2)9(13)4-8(7)12/h3-4H,5H2,1-2H3. The van der Waals surface area contributed by atoms with E-state index in [-0.39, 0.29) is 17.2 Å². The number of Topliss-reactive ketones (excluding diaryl/α,β-unsaturated/α-hetero) is 1. The first-order valence-corrected chi connectivity index (χ1v) is 5.41. The minimum Gasteiger partial charge on any atom is -0.495 e. The number of rotatable bonds is 4. The second kappa shape index (κ2) is 5.89. The molecule has 0 heterocycles. The molecule has 0 saturated carbocycles. The van der Waals surface area contributed by atoms with E-state index in [2.05, 4.69) is 4.74 Å². The van der Waals surface area contributed by atoms with Gasteiger partial charge >= 0.3 is 5.97 Å². The Kier molecular flexibility index (Phi) is 4.78. The van der Waals surface area contributed by atoms with Crippen LogP contribution >= 0.6 is 23.2 Å². The molecule has 1 aromatic rings. The van der Waals surface area contributed by atoms with Gasteiger partial charge in [0.2, 0.25) is 5.78 Å². The van der Waals surface area contributed by atoms with Gasteiger partial charge in [-0.25, -0.2) is 0 Å². The molecular formula is C11H10Cl2O4. The summed E-state index contributed by atoms with van der Waals surface area (Å²) < 4.78 is 9.56. The van der Waals surface area contributed by atoms with Gasteiger partial charge in [-0.2, -0.15) is 0 Å². The number of hydrogen-bond donors (Lipinski definition) is 0. The summed E-state index contributed by atoms with van der Waals surface area (Å²) in [5, 5.41) is 0.495. The molecular weight excluding hydrogens is 267 g/mol. The summed E-state index contributed by atoms with van der Waals surface area (Å²) in [5.41, 5.74) is 0.203. The van der Waals surface area contributed by atoms with E-state index in [1.54, 1.807) is 0 Å². The maximum Gasteiger partial charge on any atom is 0.303 e. The molecule has 0 fully saturated rings. The monoisotopic (exact) mass is 276 g/mol. The first-order valence-electron chi connectivity index (χ1n) is 4.65. The third kappa shape index (κ3) is 3.61. The van der Waals surface area contributed by atoms with Crippen molar-refractivity contribution >= 4 is 35.0 Å². The first kappa shape index (κ1) is 13.8. The van der Waals surface area contributed by atoms with E-state index in [1.807, 2.05) is 0 Å². The van der Waals surface area contributed by atoms with Crippen LogP contribution < -0.4 is 4.74 Å². The summed E-state index contributed by atoms with van der Waals surface area (Å²) in [7, 11) is 1.43. The number of halogens is 2. The molecule has 0 unspecified atom stereocenters. The van der Waals surface area contributed by atoms with Gasteiger partial charge in [0.1, 0.15) is 5.75 Å². The second-order valence-electron chi connectivity index (χ2n) is 3.17. The predicted octanol–water partition coefficient (Wildman–Crippen LogP) is 2.75. The molecule has 0 bridgehead atoms. The van der Waals surface area contributed by atoms with Gasteiger partial charge in [-0.15, -0.1) is 0 Å². The molecule has 0 spiro atoms. The van der Waals surface area contributed by atoms with Crippen molar-refractivity contribution in [3.05, 3.63) is 27.7 Å². The van der Waals surface area contributed by atoms with E-state index in [1.165, 1.54) is 26.2 Å². The lowest BCUT2D eigenvalue weighted by Gasteiger charge is -2.08. The molecule has 0 N–H and O–H groups in total. The van der Waals surface area contributed by atoms with Crippen molar-refractivity contribution in [3.8, 4) is 5.75 Å². The van der Waals surface area contributed by atoms with Gasteiger partial charge in [-0.05, 0) is 12.1 Å². The molecule has 0 radical (unpaired) electrons. The summed E-state index contributed by atoms with van der Waals surface area (Å²) in [6, 6.07) is 2.82. The van der Waals surface area contributed by atoms with Gasteiger partial charge < -0.3 is 9.47 Å². The van der Waals surface area contributed by atoms with Crippen LogP contribution in [-0.2, 0) is 9.53 Å². The third-order valence-electron chi connectivity index (χ3n) is 1.95. The van der Waals surface area contributed by atoms with E-state index in [0.717, 1.165) is 0 Å². The van der Waals surface area contributed by atoms with Crippen molar-refractivity contribution in [2.45, 2.75) is 6.92 Å². The molecule has 0 aliphatic heterocycles. The average molecular weight is 277 g/mol.